The molecule has 4 rings (SSSR count). The SMILES string of the molecule is COc1ccc(NC(=O)CN2CN(c3ccccc3)C3(CCN(C(=O)C(C)C)CC3)C2=O)cc1. The van der Waals surface area contributed by atoms with Crippen molar-refractivity contribution in [2.75, 3.05) is 43.6 Å². The first-order valence-electron chi connectivity index (χ1n) is 11.7. The molecule has 8 nitrogen and oxygen atoms in total. The van der Waals surface area contributed by atoms with Crippen molar-refractivity contribution in [1.82, 2.24) is 9.80 Å². The van der Waals surface area contributed by atoms with Crippen molar-refractivity contribution in [2.24, 2.45) is 5.92 Å². The van der Waals surface area contributed by atoms with E-state index in [1.807, 2.05) is 49.1 Å². The molecule has 2 aliphatic rings. The van der Waals surface area contributed by atoms with Crippen LogP contribution in [-0.2, 0) is 14.4 Å². The first-order chi connectivity index (χ1) is 16.3. The highest BCUT2D eigenvalue weighted by molar-refractivity contribution is 5.99. The van der Waals surface area contributed by atoms with Gasteiger partial charge < -0.3 is 24.8 Å². The van der Waals surface area contributed by atoms with E-state index in [-0.39, 0.29) is 30.2 Å². The second kappa shape index (κ2) is 9.75. The number of hydrogen-bond acceptors (Lipinski definition) is 5. The molecule has 34 heavy (non-hydrogen) atoms. The Morgan fingerprint density at radius 2 is 1.68 bits per heavy atom. The number of carbonyl (C=O) groups excluding carboxylic acids is 3. The van der Waals surface area contributed by atoms with E-state index in [2.05, 4.69) is 10.2 Å². The number of methoxy groups -OCH3 is 1. The smallest absolute Gasteiger partial charge is 0.250 e. The molecule has 0 atom stereocenters. The fourth-order valence-electron chi connectivity index (χ4n) is 4.83. The number of anilines is 2. The molecule has 0 saturated carbocycles. The summed E-state index contributed by atoms with van der Waals surface area (Å²) in [6.07, 6.45) is 1.07. The summed E-state index contributed by atoms with van der Waals surface area (Å²) in [6, 6.07) is 16.9. The zero-order valence-electron chi connectivity index (χ0n) is 20.0. The summed E-state index contributed by atoms with van der Waals surface area (Å²) in [5.74, 6) is 0.434. The van der Waals surface area contributed by atoms with Crippen molar-refractivity contribution in [3.05, 3.63) is 54.6 Å². The number of benzene rings is 2. The maximum atomic E-state index is 13.7. The minimum atomic E-state index is -0.754. The second-order valence-corrected chi connectivity index (χ2v) is 9.20. The number of ether oxygens (including phenoxy) is 1. The van der Waals surface area contributed by atoms with Gasteiger partial charge >= 0.3 is 0 Å². The number of rotatable bonds is 6. The fourth-order valence-corrected chi connectivity index (χ4v) is 4.83. The largest absolute Gasteiger partial charge is 0.497 e. The van der Waals surface area contributed by atoms with Gasteiger partial charge in [0, 0.05) is 30.4 Å². The lowest BCUT2D eigenvalue weighted by Gasteiger charge is -2.43. The molecule has 8 heteroatoms. The van der Waals surface area contributed by atoms with E-state index in [0.29, 0.717) is 44.0 Å². The molecular weight excluding hydrogens is 432 g/mol. The Kier molecular flexibility index (Phi) is 6.77. The molecule has 0 radical (unpaired) electrons. The van der Waals surface area contributed by atoms with Gasteiger partial charge in [-0.1, -0.05) is 32.0 Å². The highest BCUT2D eigenvalue weighted by Gasteiger charge is 2.54. The van der Waals surface area contributed by atoms with Gasteiger partial charge in [0.25, 0.3) is 5.91 Å². The second-order valence-electron chi connectivity index (χ2n) is 9.20. The van der Waals surface area contributed by atoms with Crippen molar-refractivity contribution in [3.63, 3.8) is 0 Å². The summed E-state index contributed by atoms with van der Waals surface area (Å²) in [5, 5.41) is 2.86. The van der Waals surface area contributed by atoms with Gasteiger partial charge in [-0.3, -0.25) is 14.4 Å². The summed E-state index contributed by atoms with van der Waals surface area (Å²) in [4.78, 5) is 44.6. The summed E-state index contributed by atoms with van der Waals surface area (Å²) in [6.45, 7) is 5.14. The van der Waals surface area contributed by atoms with Crippen molar-refractivity contribution in [3.8, 4) is 5.75 Å². The lowest BCUT2D eigenvalue weighted by atomic mass is 9.85. The molecule has 0 aliphatic carbocycles. The molecule has 2 aromatic carbocycles. The summed E-state index contributed by atoms with van der Waals surface area (Å²) >= 11 is 0. The highest BCUT2D eigenvalue weighted by Crippen LogP contribution is 2.39. The predicted octanol–water partition coefficient (Wildman–Crippen LogP) is 2.96. The van der Waals surface area contributed by atoms with Gasteiger partial charge in [-0.2, -0.15) is 0 Å². The minimum Gasteiger partial charge on any atom is -0.497 e. The van der Waals surface area contributed by atoms with E-state index >= 15 is 0 Å². The Morgan fingerprint density at radius 1 is 1.03 bits per heavy atom. The lowest BCUT2D eigenvalue weighted by molar-refractivity contribution is -0.140. The molecule has 0 aromatic heterocycles. The van der Waals surface area contributed by atoms with E-state index in [9.17, 15) is 14.4 Å². The van der Waals surface area contributed by atoms with Crippen LogP contribution in [0.15, 0.2) is 54.6 Å². The van der Waals surface area contributed by atoms with Crippen LogP contribution in [-0.4, -0.2) is 66.5 Å². The first-order valence-corrected chi connectivity index (χ1v) is 11.7. The van der Waals surface area contributed by atoms with E-state index in [1.165, 1.54) is 0 Å². The molecule has 0 unspecified atom stereocenters. The third kappa shape index (κ3) is 4.58. The maximum Gasteiger partial charge on any atom is 0.250 e. The van der Waals surface area contributed by atoms with Gasteiger partial charge in [0.05, 0.1) is 13.8 Å². The Bertz CT molecular complexity index is 1030. The van der Waals surface area contributed by atoms with Crippen LogP contribution in [0.25, 0.3) is 0 Å². The Labute approximate surface area is 200 Å². The molecule has 180 valence electrons. The van der Waals surface area contributed by atoms with Crippen LogP contribution in [0.2, 0.25) is 0 Å². The van der Waals surface area contributed by atoms with Gasteiger partial charge in [0.1, 0.15) is 17.8 Å². The third-order valence-electron chi connectivity index (χ3n) is 6.69. The number of carbonyl (C=O) groups is 3. The van der Waals surface area contributed by atoms with Gasteiger partial charge in [0.15, 0.2) is 0 Å². The minimum absolute atomic E-state index is 0.0371. The molecule has 1 N–H and O–H groups in total. The van der Waals surface area contributed by atoms with E-state index in [1.54, 1.807) is 36.3 Å². The van der Waals surface area contributed by atoms with Crippen molar-refractivity contribution < 1.29 is 19.1 Å². The Morgan fingerprint density at radius 3 is 2.26 bits per heavy atom. The fraction of sp³-hybridized carbons (Fsp3) is 0.423. The Balaban J connectivity index is 1.51. The predicted molar refractivity (Wildman–Crippen MR) is 131 cm³/mol. The van der Waals surface area contributed by atoms with Crippen molar-refractivity contribution >= 4 is 29.1 Å². The van der Waals surface area contributed by atoms with Gasteiger partial charge in [0.2, 0.25) is 11.8 Å². The number of amides is 3. The molecule has 2 heterocycles. The maximum absolute atomic E-state index is 13.7. The third-order valence-corrected chi connectivity index (χ3v) is 6.69. The van der Waals surface area contributed by atoms with Crippen LogP contribution in [0, 0.1) is 5.92 Å². The lowest BCUT2D eigenvalue weighted by Crippen LogP contribution is -2.57. The van der Waals surface area contributed by atoms with E-state index < -0.39 is 5.54 Å². The zero-order chi connectivity index (χ0) is 24.3. The normalized spacial score (nSPS) is 17.4. The number of para-hydroxylation sites is 1. The van der Waals surface area contributed by atoms with Crippen LogP contribution in [0.4, 0.5) is 11.4 Å². The summed E-state index contributed by atoms with van der Waals surface area (Å²) < 4.78 is 5.15. The monoisotopic (exact) mass is 464 g/mol. The zero-order valence-corrected chi connectivity index (χ0v) is 20.0. The topological polar surface area (TPSA) is 82.2 Å². The molecule has 0 bridgehead atoms. The van der Waals surface area contributed by atoms with Crippen LogP contribution >= 0.6 is 0 Å². The molecule has 1 spiro atoms. The summed E-state index contributed by atoms with van der Waals surface area (Å²) in [7, 11) is 1.59. The van der Waals surface area contributed by atoms with E-state index in [0.717, 1.165) is 5.69 Å². The van der Waals surface area contributed by atoms with Crippen molar-refractivity contribution in [2.45, 2.75) is 32.2 Å². The number of nitrogens with one attached hydrogen (secondary N) is 1. The quantitative estimate of drug-likeness (QED) is 0.711. The molecule has 2 fully saturated rings. The summed E-state index contributed by atoms with van der Waals surface area (Å²) in [5.41, 5.74) is 0.834. The molecular formula is C26H32N4O4. The number of likely N-dealkylation sites (tertiary alicyclic amines) is 1. The standard InChI is InChI=1S/C26H32N4O4/c1-19(2)24(32)28-15-13-26(14-16-28)25(33)29(18-30(26)21-7-5-4-6-8-21)17-23(31)27-20-9-11-22(34-3)12-10-20/h4-12,19H,13-18H2,1-3H3,(H,27,31). The Hall–Kier alpha value is -3.55. The van der Waals surface area contributed by atoms with E-state index in [4.69, 9.17) is 4.74 Å². The molecule has 3 amide bonds. The number of hydrogen-bond donors (Lipinski definition) is 1. The van der Waals surface area contributed by atoms with Crippen molar-refractivity contribution in [1.29, 1.82) is 0 Å². The molecule has 2 aliphatic heterocycles. The molecule has 2 aromatic rings. The van der Waals surface area contributed by atoms with Gasteiger partial charge in [-0.05, 0) is 49.2 Å². The highest BCUT2D eigenvalue weighted by atomic mass is 16.5. The first kappa shape index (κ1) is 23.6. The van der Waals surface area contributed by atoms with Gasteiger partial charge in [-0.15, -0.1) is 0 Å². The average Bonchev–Trinajstić information content (AvgIpc) is 3.11. The van der Waals surface area contributed by atoms with Crippen LogP contribution in [0.1, 0.15) is 26.7 Å². The average molecular weight is 465 g/mol. The van der Waals surface area contributed by atoms with Crippen LogP contribution < -0.4 is 15.0 Å². The number of nitrogens with zero attached hydrogens (tertiary/aromatic N) is 3. The van der Waals surface area contributed by atoms with Gasteiger partial charge in [-0.25, -0.2) is 0 Å². The van der Waals surface area contributed by atoms with Crippen LogP contribution in [0.5, 0.6) is 5.75 Å². The molecule has 2 saturated heterocycles. The van der Waals surface area contributed by atoms with Crippen LogP contribution in [0.3, 0.4) is 0 Å². The number of piperidine rings is 1.